The number of thioether (sulfide) groups is 1. The standard InChI is InChI=1S/C15H19N3S/c1-3-16-15(12-8-9-17-18(12)2)14-10-11-6-4-5-7-13(11)19-14/h4-9,14-16H,3,10H2,1-2H3. The Morgan fingerprint density at radius 1 is 1.42 bits per heavy atom. The average Bonchev–Trinajstić information content (AvgIpc) is 3.02. The Morgan fingerprint density at radius 2 is 2.26 bits per heavy atom. The maximum atomic E-state index is 4.31. The van der Waals surface area contributed by atoms with Crippen LogP contribution in [0.25, 0.3) is 0 Å². The molecule has 1 aromatic carbocycles. The topological polar surface area (TPSA) is 29.9 Å². The molecule has 2 heterocycles. The largest absolute Gasteiger partial charge is 0.308 e. The second-order valence-corrected chi connectivity index (χ2v) is 6.16. The van der Waals surface area contributed by atoms with Crippen molar-refractivity contribution in [2.24, 2.45) is 7.05 Å². The summed E-state index contributed by atoms with van der Waals surface area (Å²) in [6.07, 6.45) is 3.01. The number of hydrogen-bond donors (Lipinski definition) is 1. The van der Waals surface area contributed by atoms with Crippen LogP contribution < -0.4 is 5.32 Å². The van der Waals surface area contributed by atoms with Crippen molar-refractivity contribution in [2.45, 2.75) is 29.5 Å². The van der Waals surface area contributed by atoms with E-state index in [1.807, 2.05) is 29.7 Å². The van der Waals surface area contributed by atoms with Crippen molar-refractivity contribution in [1.82, 2.24) is 15.1 Å². The first kappa shape index (κ1) is 12.8. The van der Waals surface area contributed by atoms with Crippen LogP contribution >= 0.6 is 11.8 Å². The summed E-state index contributed by atoms with van der Waals surface area (Å²) < 4.78 is 1.98. The van der Waals surface area contributed by atoms with Crippen LogP contribution in [0.15, 0.2) is 41.4 Å². The van der Waals surface area contributed by atoms with Gasteiger partial charge in [-0.05, 0) is 30.7 Å². The molecule has 0 radical (unpaired) electrons. The number of aryl methyl sites for hydroxylation is 1. The fourth-order valence-corrected chi connectivity index (χ4v) is 4.15. The molecule has 0 fully saturated rings. The smallest absolute Gasteiger partial charge is 0.0619 e. The molecule has 0 amide bonds. The van der Waals surface area contributed by atoms with Gasteiger partial charge in [-0.15, -0.1) is 11.8 Å². The van der Waals surface area contributed by atoms with Gasteiger partial charge in [-0.3, -0.25) is 4.68 Å². The third-order valence-electron chi connectivity index (χ3n) is 3.65. The molecule has 3 nitrogen and oxygen atoms in total. The van der Waals surface area contributed by atoms with Crippen molar-refractivity contribution < 1.29 is 0 Å². The third kappa shape index (κ3) is 2.42. The molecule has 1 aliphatic heterocycles. The maximum absolute atomic E-state index is 4.31. The van der Waals surface area contributed by atoms with E-state index in [9.17, 15) is 0 Å². The zero-order valence-corrected chi connectivity index (χ0v) is 12.2. The van der Waals surface area contributed by atoms with Crippen molar-refractivity contribution in [1.29, 1.82) is 0 Å². The monoisotopic (exact) mass is 273 g/mol. The predicted octanol–water partition coefficient (Wildman–Crippen LogP) is 2.79. The summed E-state index contributed by atoms with van der Waals surface area (Å²) in [5, 5.41) is 8.48. The van der Waals surface area contributed by atoms with Gasteiger partial charge >= 0.3 is 0 Å². The second-order valence-electron chi connectivity index (χ2n) is 4.88. The minimum Gasteiger partial charge on any atom is -0.308 e. The van der Waals surface area contributed by atoms with Crippen LogP contribution in [-0.2, 0) is 13.5 Å². The van der Waals surface area contributed by atoms with Gasteiger partial charge in [0.15, 0.2) is 0 Å². The molecule has 100 valence electrons. The number of nitrogens with zero attached hydrogens (tertiary/aromatic N) is 2. The molecule has 0 saturated carbocycles. The summed E-state index contributed by atoms with van der Waals surface area (Å²) in [5.74, 6) is 0. The Balaban J connectivity index is 1.86. The van der Waals surface area contributed by atoms with Crippen LogP contribution in [0, 0.1) is 0 Å². The van der Waals surface area contributed by atoms with Crippen LogP contribution in [0.1, 0.15) is 24.2 Å². The molecule has 0 saturated heterocycles. The van der Waals surface area contributed by atoms with Crippen LogP contribution in [0.2, 0.25) is 0 Å². The van der Waals surface area contributed by atoms with E-state index in [1.54, 1.807) is 0 Å². The first-order valence-electron chi connectivity index (χ1n) is 6.75. The highest BCUT2D eigenvalue weighted by Crippen LogP contribution is 2.42. The number of fused-ring (bicyclic) bond motifs is 1. The fraction of sp³-hybridized carbons (Fsp3) is 0.400. The first-order valence-corrected chi connectivity index (χ1v) is 7.63. The number of benzene rings is 1. The Kier molecular flexibility index (Phi) is 3.62. The molecule has 1 aliphatic rings. The fourth-order valence-electron chi connectivity index (χ4n) is 2.73. The Morgan fingerprint density at radius 3 is 2.95 bits per heavy atom. The van der Waals surface area contributed by atoms with Crippen molar-refractivity contribution in [3.05, 3.63) is 47.8 Å². The molecular formula is C15H19N3S. The van der Waals surface area contributed by atoms with E-state index in [1.165, 1.54) is 16.2 Å². The number of nitrogens with one attached hydrogen (secondary N) is 1. The zero-order chi connectivity index (χ0) is 13.2. The maximum Gasteiger partial charge on any atom is 0.0619 e. The normalized spacial score (nSPS) is 19.4. The molecule has 0 spiro atoms. The van der Waals surface area contributed by atoms with Crippen LogP contribution in [0.3, 0.4) is 0 Å². The Labute approximate surface area is 118 Å². The third-order valence-corrected chi connectivity index (χ3v) is 5.04. The summed E-state index contributed by atoms with van der Waals surface area (Å²) >= 11 is 1.99. The van der Waals surface area contributed by atoms with Gasteiger partial charge in [-0.2, -0.15) is 5.10 Å². The summed E-state index contributed by atoms with van der Waals surface area (Å²) in [6, 6.07) is 11.2. The summed E-state index contributed by atoms with van der Waals surface area (Å²) in [5.41, 5.74) is 2.75. The molecule has 2 aromatic rings. The van der Waals surface area contributed by atoms with Gasteiger partial charge in [-0.1, -0.05) is 25.1 Å². The molecule has 2 atom stereocenters. The summed E-state index contributed by atoms with van der Waals surface area (Å²) in [7, 11) is 2.02. The molecule has 2 unspecified atom stereocenters. The lowest BCUT2D eigenvalue weighted by Crippen LogP contribution is -2.31. The van der Waals surface area contributed by atoms with Gasteiger partial charge in [0.25, 0.3) is 0 Å². The molecule has 0 bridgehead atoms. The van der Waals surface area contributed by atoms with E-state index in [4.69, 9.17) is 0 Å². The van der Waals surface area contributed by atoms with E-state index < -0.39 is 0 Å². The van der Waals surface area contributed by atoms with Gasteiger partial charge in [0.1, 0.15) is 0 Å². The molecule has 0 aliphatic carbocycles. The molecule has 3 rings (SSSR count). The Bertz CT molecular complexity index is 539. The molecule has 1 aromatic heterocycles. The number of aromatic nitrogens is 2. The summed E-state index contributed by atoms with van der Waals surface area (Å²) in [4.78, 5) is 1.43. The number of hydrogen-bond acceptors (Lipinski definition) is 3. The van der Waals surface area contributed by atoms with Crippen molar-refractivity contribution >= 4 is 11.8 Å². The molecule has 1 N–H and O–H groups in total. The van der Waals surface area contributed by atoms with Crippen LogP contribution in [-0.4, -0.2) is 21.6 Å². The van der Waals surface area contributed by atoms with E-state index >= 15 is 0 Å². The van der Waals surface area contributed by atoms with Gasteiger partial charge in [0.05, 0.1) is 11.7 Å². The summed E-state index contributed by atoms with van der Waals surface area (Å²) in [6.45, 7) is 3.14. The van der Waals surface area contributed by atoms with Gasteiger partial charge in [0, 0.05) is 23.4 Å². The molecular weight excluding hydrogens is 254 g/mol. The van der Waals surface area contributed by atoms with Crippen LogP contribution in [0.5, 0.6) is 0 Å². The highest BCUT2D eigenvalue weighted by Gasteiger charge is 2.31. The van der Waals surface area contributed by atoms with Gasteiger partial charge < -0.3 is 5.32 Å². The van der Waals surface area contributed by atoms with E-state index in [0.717, 1.165) is 13.0 Å². The zero-order valence-electron chi connectivity index (χ0n) is 11.3. The van der Waals surface area contributed by atoms with Crippen molar-refractivity contribution in [3.8, 4) is 0 Å². The van der Waals surface area contributed by atoms with Crippen LogP contribution in [0.4, 0.5) is 0 Å². The minimum absolute atomic E-state index is 0.356. The molecule has 19 heavy (non-hydrogen) atoms. The highest BCUT2D eigenvalue weighted by atomic mass is 32.2. The van der Waals surface area contributed by atoms with E-state index in [-0.39, 0.29) is 0 Å². The highest BCUT2D eigenvalue weighted by molar-refractivity contribution is 8.00. The van der Waals surface area contributed by atoms with Gasteiger partial charge in [-0.25, -0.2) is 0 Å². The number of rotatable bonds is 4. The van der Waals surface area contributed by atoms with E-state index in [2.05, 4.69) is 47.7 Å². The second kappa shape index (κ2) is 5.39. The first-order chi connectivity index (χ1) is 9.29. The quantitative estimate of drug-likeness (QED) is 0.929. The Hall–Kier alpha value is -1.26. The lowest BCUT2D eigenvalue weighted by molar-refractivity contribution is 0.494. The average molecular weight is 273 g/mol. The SMILES string of the molecule is CCNC(c1ccnn1C)C1Cc2ccccc2S1. The van der Waals surface area contributed by atoms with Crippen molar-refractivity contribution in [2.75, 3.05) is 6.54 Å². The minimum atomic E-state index is 0.356. The van der Waals surface area contributed by atoms with E-state index in [0.29, 0.717) is 11.3 Å². The lowest BCUT2D eigenvalue weighted by atomic mass is 10.0. The van der Waals surface area contributed by atoms with Crippen molar-refractivity contribution in [3.63, 3.8) is 0 Å². The predicted molar refractivity (Wildman–Crippen MR) is 79.4 cm³/mol. The van der Waals surface area contributed by atoms with Gasteiger partial charge in [0.2, 0.25) is 0 Å². The lowest BCUT2D eigenvalue weighted by Gasteiger charge is -2.23. The molecule has 4 heteroatoms.